The lowest BCUT2D eigenvalue weighted by Gasteiger charge is -2.34. The minimum absolute atomic E-state index is 0.312. The lowest BCUT2D eigenvalue weighted by atomic mass is 9.86. The van der Waals surface area contributed by atoms with E-state index in [2.05, 4.69) is 11.9 Å². The van der Waals surface area contributed by atoms with Gasteiger partial charge in [-0.05, 0) is 50.8 Å². The number of ether oxygens (including phenoxy) is 2. The molecule has 0 unspecified atom stereocenters. The lowest BCUT2D eigenvalue weighted by Crippen LogP contribution is -2.35. The van der Waals surface area contributed by atoms with Gasteiger partial charge in [0.05, 0.1) is 6.61 Å². The van der Waals surface area contributed by atoms with Crippen molar-refractivity contribution in [3.05, 3.63) is 28.3 Å². The van der Waals surface area contributed by atoms with Crippen LogP contribution in [0.4, 0.5) is 0 Å². The topological polar surface area (TPSA) is 41.9 Å². The minimum Gasteiger partial charge on any atom is -0.467 e. The van der Waals surface area contributed by atoms with Gasteiger partial charge in [0.25, 0.3) is 0 Å². The molecule has 0 saturated heterocycles. The van der Waals surface area contributed by atoms with Gasteiger partial charge in [0.15, 0.2) is 6.79 Å². The van der Waals surface area contributed by atoms with Crippen LogP contribution in [0.1, 0.15) is 36.8 Å². The fraction of sp³-hybridized carbons (Fsp3) is 0.647. The molecule has 1 aliphatic heterocycles. The van der Waals surface area contributed by atoms with Crippen LogP contribution >= 0.6 is 11.6 Å². The molecule has 1 saturated carbocycles. The van der Waals surface area contributed by atoms with Gasteiger partial charge in [-0.25, -0.2) is 0 Å². The zero-order valence-corrected chi connectivity index (χ0v) is 13.8. The zero-order valence-electron chi connectivity index (χ0n) is 13.1. The summed E-state index contributed by atoms with van der Waals surface area (Å²) in [6.45, 7) is 2.03. The van der Waals surface area contributed by atoms with Gasteiger partial charge in [-0.3, -0.25) is 4.90 Å². The Morgan fingerprint density at radius 3 is 2.77 bits per heavy atom. The number of hydrogen-bond donors (Lipinski definition) is 1. The van der Waals surface area contributed by atoms with Crippen LogP contribution in [-0.4, -0.2) is 36.5 Å². The molecule has 122 valence electrons. The molecular formula is C17H24ClNO3. The quantitative estimate of drug-likeness (QED) is 0.923. The number of aliphatic hydroxyl groups is 1. The van der Waals surface area contributed by atoms with Crippen LogP contribution in [0.2, 0.25) is 5.02 Å². The van der Waals surface area contributed by atoms with E-state index in [0.29, 0.717) is 32.0 Å². The van der Waals surface area contributed by atoms with Gasteiger partial charge in [-0.2, -0.15) is 0 Å². The van der Waals surface area contributed by atoms with Gasteiger partial charge in [-0.1, -0.05) is 11.6 Å². The highest BCUT2D eigenvalue weighted by atomic mass is 35.5. The van der Waals surface area contributed by atoms with Crippen LogP contribution in [0, 0.1) is 5.92 Å². The summed E-state index contributed by atoms with van der Waals surface area (Å²) in [5.41, 5.74) is 2.17. The fourth-order valence-electron chi connectivity index (χ4n) is 3.54. The summed E-state index contributed by atoms with van der Waals surface area (Å²) in [7, 11) is 2.16. The first-order valence-electron chi connectivity index (χ1n) is 8.00. The molecule has 1 fully saturated rings. The molecule has 3 rings (SSSR count). The molecule has 0 atom stereocenters. The van der Waals surface area contributed by atoms with Crippen molar-refractivity contribution in [2.75, 3.05) is 20.4 Å². The van der Waals surface area contributed by atoms with Crippen LogP contribution in [0.15, 0.2) is 12.1 Å². The number of rotatable bonds is 4. The Morgan fingerprint density at radius 1 is 1.27 bits per heavy atom. The van der Waals surface area contributed by atoms with Crippen LogP contribution in [-0.2, 0) is 17.9 Å². The average Bonchev–Trinajstić information content (AvgIpc) is 2.54. The van der Waals surface area contributed by atoms with Gasteiger partial charge >= 0.3 is 0 Å². The third-order valence-electron chi connectivity index (χ3n) is 4.87. The Hall–Kier alpha value is -0.810. The summed E-state index contributed by atoms with van der Waals surface area (Å²) in [6.07, 6.45) is 4.52. The highest BCUT2D eigenvalue weighted by Gasteiger charge is 2.25. The van der Waals surface area contributed by atoms with E-state index in [1.54, 1.807) is 0 Å². The Bertz CT molecular complexity index is 515. The summed E-state index contributed by atoms with van der Waals surface area (Å²) in [4.78, 5) is 2.39. The number of fused-ring (bicyclic) bond motifs is 1. The van der Waals surface area contributed by atoms with E-state index in [1.807, 2.05) is 12.1 Å². The van der Waals surface area contributed by atoms with Crippen molar-refractivity contribution in [1.82, 2.24) is 4.90 Å². The summed E-state index contributed by atoms with van der Waals surface area (Å²) in [6, 6.07) is 4.49. The second-order valence-electron chi connectivity index (χ2n) is 6.44. The van der Waals surface area contributed by atoms with Crippen LogP contribution in [0.25, 0.3) is 0 Å². The second kappa shape index (κ2) is 7.18. The lowest BCUT2D eigenvalue weighted by molar-refractivity contribution is -0.0176. The monoisotopic (exact) mass is 325 g/mol. The Kier molecular flexibility index (Phi) is 5.24. The van der Waals surface area contributed by atoms with Crippen molar-refractivity contribution in [3.8, 4) is 5.75 Å². The third-order valence-corrected chi connectivity index (χ3v) is 5.09. The molecular weight excluding hydrogens is 302 g/mol. The molecule has 1 aliphatic carbocycles. The molecule has 0 spiro atoms. The maximum absolute atomic E-state index is 9.26. The number of benzene rings is 1. The Balaban J connectivity index is 1.69. The highest BCUT2D eigenvalue weighted by molar-refractivity contribution is 6.30. The van der Waals surface area contributed by atoms with Gasteiger partial charge < -0.3 is 14.6 Å². The molecule has 5 heteroatoms. The summed E-state index contributed by atoms with van der Waals surface area (Å²) >= 11 is 6.23. The molecule has 0 aromatic heterocycles. The summed E-state index contributed by atoms with van der Waals surface area (Å²) in [5, 5.41) is 9.99. The maximum Gasteiger partial charge on any atom is 0.189 e. The fourth-order valence-corrected chi connectivity index (χ4v) is 3.80. The van der Waals surface area contributed by atoms with E-state index in [0.717, 1.165) is 54.1 Å². The summed E-state index contributed by atoms with van der Waals surface area (Å²) < 4.78 is 11.0. The molecule has 1 heterocycles. The minimum atomic E-state index is 0.312. The molecule has 0 amide bonds. The first-order chi connectivity index (χ1) is 10.7. The largest absolute Gasteiger partial charge is 0.467 e. The van der Waals surface area contributed by atoms with Crippen molar-refractivity contribution in [2.24, 2.45) is 5.92 Å². The predicted molar refractivity (Wildman–Crippen MR) is 86.0 cm³/mol. The first kappa shape index (κ1) is 16.1. The third kappa shape index (κ3) is 3.57. The van der Waals surface area contributed by atoms with Crippen LogP contribution in [0.5, 0.6) is 5.75 Å². The maximum atomic E-state index is 9.26. The van der Waals surface area contributed by atoms with Crippen molar-refractivity contribution >= 4 is 11.6 Å². The van der Waals surface area contributed by atoms with Crippen molar-refractivity contribution in [3.63, 3.8) is 0 Å². The van der Waals surface area contributed by atoms with E-state index in [9.17, 15) is 5.11 Å². The van der Waals surface area contributed by atoms with Crippen molar-refractivity contribution in [2.45, 2.75) is 44.9 Å². The van der Waals surface area contributed by atoms with Crippen LogP contribution in [0.3, 0.4) is 0 Å². The Labute approximate surface area is 137 Å². The molecule has 1 aromatic carbocycles. The molecule has 22 heavy (non-hydrogen) atoms. The van der Waals surface area contributed by atoms with Crippen LogP contribution < -0.4 is 4.74 Å². The number of nitrogens with zero attached hydrogens (tertiary/aromatic N) is 1. The van der Waals surface area contributed by atoms with E-state index in [4.69, 9.17) is 21.1 Å². The summed E-state index contributed by atoms with van der Waals surface area (Å²) in [5.74, 6) is 1.43. The predicted octanol–water partition coefficient (Wildman–Crippen LogP) is 3.19. The standard InChI is InChI=1S/C17H24ClNO3/c1-19(16-4-2-12(9-20)3-5-16)8-13-6-15(18)7-14-10-21-11-22-17(13)14/h6-7,12,16,20H,2-5,8-11H2,1H3. The number of aliphatic hydroxyl groups excluding tert-OH is 1. The van der Waals surface area contributed by atoms with E-state index < -0.39 is 0 Å². The molecule has 0 radical (unpaired) electrons. The van der Waals surface area contributed by atoms with Crippen molar-refractivity contribution in [1.29, 1.82) is 0 Å². The van der Waals surface area contributed by atoms with Gasteiger partial charge in [-0.15, -0.1) is 0 Å². The molecule has 1 N–H and O–H groups in total. The smallest absolute Gasteiger partial charge is 0.189 e. The number of hydrogen-bond acceptors (Lipinski definition) is 4. The molecule has 2 aliphatic rings. The van der Waals surface area contributed by atoms with Gasteiger partial charge in [0, 0.05) is 35.3 Å². The SMILES string of the molecule is CN(Cc1cc(Cl)cc2c1OCOC2)C1CCC(CO)CC1. The normalized spacial score (nSPS) is 24.9. The number of halogens is 1. The van der Waals surface area contributed by atoms with E-state index in [1.165, 1.54) is 0 Å². The van der Waals surface area contributed by atoms with Gasteiger partial charge in [0.2, 0.25) is 0 Å². The van der Waals surface area contributed by atoms with Gasteiger partial charge in [0.1, 0.15) is 5.75 Å². The highest BCUT2D eigenvalue weighted by Crippen LogP contribution is 2.34. The molecule has 4 nitrogen and oxygen atoms in total. The van der Waals surface area contributed by atoms with E-state index in [-0.39, 0.29) is 0 Å². The van der Waals surface area contributed by atoms with Crippen molar-refractivity contribution < 1.29 is 14.6 Å². The first-order valence-corrected chi connectivity index (χ1v) is 8.38. The molecule has 0 bridgehead atoms. The van der Waals surface area contributed by atoms with E-state index >= 15 is 0 Å². The molecule has 1 aromatic rings. The zero-order chi connectivity index (χ0) is 15.5. The average molecular weight is 326 g/mol. The Morgan fingerprint density at radius 2 is 2.05 bits per heavy atom. The second-order valence-corrected chi connectivity index (χ2v) is 6.87.